The maximum Gasteiger partial charge on any atom is 0.226 e. The van der Waals surface area contributed by atoms with Gasteiger partial charge >= 0.3 is 0 Å². The zero-order chi connectivity index (χ0) is 14.4. The molecule has 0 bridgehead atoms. The van der Waals surface area contributed by atoms with Crippen LogP contribution >= 0.6 is 0 Å². The molecular formula is C16H19N3O. The molecule has 1 atom stereocenters. The molecule has 0 saturated carbocycles. The Morgan fingerprint density at radius 2 is 1.95 bits per heavy atom. The SMILES string of the molecule is C[C@@H](Cc1ccccn1)N(C)C(=O)Cc1ccncc1. The third-order valence-electron chi connectivity index (χ3n) is 3.39. The Labute approximate surface area is 119 Å². The standard InChI is InChI=1S/C16H19N3O/c1-13(11-15-5-3-4-8-18-15)19(2)16(20)12-14-6-9-17-10-7-14/h3-10,13H,11-12H2,1-2H3/t13-/m0/s1. The molecule has 0 radical (unpaired) electrons. The van der Waals surface area contributed by atoms with Gasteiger partial charge in [0.2, 0.25) is 5.91 Å². The van der Waals surface area contributed by atoms with Crippen molar-refractivity contribution in [3.8, 4) is 0 Å². The van der Waals surface area contributed by atoms with Gasteiger partial charge in [0, 0.05) is 43.8 Å². The molecule has 2 rings (SSSR count). The predicted octanol–water partition coefficient (Wildman–Crippen LogP) is 2.11. The van der Waals surface area contributed by atoms with E-state index >= 15 is 0 Å². The topological polar surface area (TPSA) is 46.1 Å². The maximum absolute atomic E-state index is 12.2. The van der Waals surface area contributed by atoms with Gasteiger partial charge < -0.3 is 4.90 Å². The molecular weight excluding hydrogens is 250 g/mol. The van der Waals surface area contributed by atoms with Crippen molar-refractivity contribution in [2.45, 2.75) is 25.8 Å². The van der Waals surface area contributed by atoms with Gasteiger partial charge in [0.25, 0.3) is 0 Å². The highest BCUT2D eigenvalue weighted by molar-refractivity contribution is 5.78. The van der Waals surface area contributed by atoms with Gasteiger partial charge in [-0.2, -0.15) is 0 Å². The van der Waals surface area contributed by atoms with Crippen LogP contribution in [0.15, 0.2) is 48.9 Å². The van der Waals surface area contributed by atoms with Gasteiger partial charge in [-0.25, -0.2) is 0 Å². The van der Waals surface area contributed by atoms with E-state index in [1.807, 2.05) is 44.3 Å². The van der Waals surface area contributed by atoms with E-state index in [-0.39, 0.29) is 11.9 Å². The molecule has 0 saturated heterocycles. The number of nitrogens with zero attached hydrogens (tertiary/aromatic N) is 3. The summed E-state index contributed by atoms with van der Waals surface area (Å²) in [5.41, 5.74) is 1.99. The third kappa shape index (κ3) is 3.88. The van der Waals surface area contributed by atoms with Gasteiger partial charge in [-0.15, -0.1) is 0 Å². The van der Waals surface area contributed by atoms with Crippen LogP contribution in [0.5, 0.6) is 0 Å². The Morgan fingerprint density at radius 1 is 1.20 bits per heavy atom. The van der Waals surface area contributed by atoms with Gasteiger partial charge in [-0.05, 0) is 36.8 Å². The molecule has 1 amide bonds. The van der Waals surface area contributed by atoms with Crippen molar-refractivity contribution in [1.29, 1.82) is 0 Å². The summed E-state index contributed by atoms with van der Waals surface area (Å²) >= 11 is 0. The average Bonchev–Trinajstić information content (AvgIpc) is 2.48. The smallest absolute Gasteiger partial charge is 0.226 e. The Kier molecular flexibility index (Phi) is 4.82. The van der Waals surface area contributed by atoms with Crippen LogP contribution in [-0.4, -0.2) is 33.9 Å². The minimum Gasteiger partial charge on any atom is -0.342 e. The van der Waals surface area contributed by atoms with Crippen molar-refractivity contribution < 1.29 is 4.79 Å². The second kappa shape index (κ2) is 6.80. The molecule has 0 aliphatic rings. The lowest BCUT2D eigenvalue weighted by atomic mass is 10.1. The molecule has 104 valence electrons. The fraction of sp³-hybridized carbons (Fsp3) is 0.312. The summed E-state index contributed by atoms with van der Waals surface area (Å²) in [7, 11) is 1.84. The zero-order valence-electron chi connectivity index (χ0n) is 11.9. The van der Waals surface area contributed by atoms with Gasteiger partial charge in [-0.1, -0.05) is 6.07 Å². The Morgan fingerprint density at radius 3 is 2.60 bits per heavy atom. The van der Waals surface area contributed by atoms with Gasteiger partial charge in [-0.3, -0.25) is 14.8 Å². The highest BCUT2D eigenvalue weighted by atomic mass is 16.2. The number of pyridine rings is 2. The van der Waals surface area contributed by atoms with Crippen LogP contribution in [0.3, 0.4) is 0 Å². The van der Waals surface area contributed by atoms with Crippen LogP contribution in [0.1, 0.15) is 18.2 Å². The number of likely N-dealkylation sites (N-methyl/N-ethyl adjacent to an activating group) is 1. The van der Waals surface area contributed by atoms with Crippen LogP contribution in [-0.2, 0) is 17.6 Å². The van der Waals surface area contributed by atoms with Crippen LogP contribution in [0.4, 0.5) is 0 Å². The van der Waals surface area contributed by atoms with Gasteiger partial charge in [0.05, 0.1) is 6.42 Å². The summed E-state index contributed by atoms with van der Waals surface area (Å²) < 4.78 is 0. The number of carbonyl (C=O) groups is 1. The van der Waals surface area contributed by atoms with E-state index in [2.05, 4.69) is 9.97 Å². The molecule has 4 heteroatoms. The molecule has 2 aromatic rings. The van der Waals surface area contributed by atoms with Gasteiger partial charge in [0.15, 0.2) is 0 Å². The molecule has 4 nitrogen and oxygen atoms in total. The minimum atomic E-state index is 0.111. The van der Waals surface area contributed by atoms with E-state index in [9.17, 15) is 4.79 Å². The van der Waals surface area contributed by atoms with E-state index in [1.54, 1.807) is 23.5 Å². The predicted molar refractivity (Wildman–Crippen MR) is 78.1 cm³/mol. The highest BCUT2D eigenvalue weighted by Gasteiger charge is 2.16. The zero-order valence-corrected chi connectivity index (χ0v) is 11.9. The van der Waals surface area contributed by atoms with E-state index < -0.39 is 0 Å². The molecule has 0 aliphatic heterocycles. The Hall–Kier alpha value is -2.23. The van der Waals surface area contributed by atoms with Crippen molar-refractivity contribution in [1.82, 2.24) is 14.9 Å². The summed E-state index contributed by atoms with van der Waals surface area (Å²) in [6.07, 6.45) is 6.37. The first kappa shape index (κ1) is 14.2. The second-order valence-corrected chi connectivity index (χ2v) is 4.91. The third-order valence-corrected chi connectivity index (χ3v) is 3.39. The highest BCUT2D eigenvalue weighted by Crippen LogP contribution is 2.08. The fourth-order valence-electron chi connectivity index (χ4n) is 2.00. The average molecular weight is 269 g/mol. The molecule has 0 fully saturated rings. The van der Waals surface area contributed by atoms with E-state index in [4.69, 9.17) is 0 Å². The van der Waals surface area contributed by atoms with Crippen molar-refractivity contribution in [2.24, 2.45) is 0 Å². The normalized spacial score (nSPS) is 11.9. The van der Waals surface area contributed by atoms with E-state index in [1.165, 1.54) is 0 Å². The van der Waals surface area contributed by atoms with Gasteiger partial charge in [0.1, 0.15) is 0 Å². The Balaban J connectivity index is 1.93. The molecule has 0 spiro atoms. The summed E-state index contributed by atoms with van der Waals surface area (Å²) in [4.78, 5) is 22.3. The minimum absolute atomic E-state index is 0.111. The molecule has 0 unspecified atom stereocenters. The number of hydrogen-bond donors (Lipinski definition) is 0. The lowest BCUT2D eigenvalue weighted by molar-refractivity contribution is -0.130. The molecule has 2 aromatic heterocycles. The molecule has 0 aromatic carbocycles. The van der Waals surface area contributed by atoms with Crippen molar-refractivity contribution >= 4 is 5.91 Å². The summed E-state index contributed by atoms with van der Waals surface area (Å²) in [6.45, 7) is 2.04. The summed E-state index contributed by atoms with van der Waals surface area (Å²) in [5.74, 6) is 0.111. The second-order valence-electron chi connectivity index (χ2n) is 4.91. The summed E-state index contributed by atoms with van der Waals surface area (Å²) in [5, 5.41) is 0. The first-order valence-electron chi connectivity index (χ1n) is 6.71. The first-order valence-corrected chi connectivity index (χ1v) is 6.71. The summed E-state index contributed by atoms with van der Waals surface area (Å²) in [6, 6.07) is 9.71. The maximum atomic E-state index is 12.2. The lowest BCUT2D eigenvalue weighted by Gasteiger charge is -2.25. The van der Waals surface area contributed by atoms with Crippen LogP contribution in [0, 0.1) is 0 Å². The van der Waals surface area contributed by atoms with E-state index in [0.717, 1.165) is 17.7 Å². The van der Waals surface area contributed by atoms with Crippen LogP contribution in [0.25, 0.3) is 0 Å². The number of amides is 1. The van der Waals surface area contributed by atoms with Crippen molar-refractivity contribution in [2.75, 3.05) is 7.05 Å². The fourth-order valence-corrected chi connectivity index (χ4v) is 2.00. The van der Waals surface area contributed by atoms with Crippen LogP contribution in [0.2, 0.25) is 0 Å². The quantitative estimate of drug-likeness (QED) is 0.835. The number of aromatic nitrogens is 2. The van der Waals surface area contributed by atoms with E-state index in [0.29, 0.717) is 6.42 Å². The molecule has 20 heavy (non-hydrogen) atoms. The number of carbonyl (C=O) groups excluding carboxylic acids is 1. The monoisotopic (exact) mass is 269 g/mol. The first-order chi connectivity index (χ1) is 9.66. The lowest BCUT2D eigenvalue weighted by Crippen LogP contribution is -2.37. The van der Waals surface area contributed by atoms with Crippen LogP contribution < -0.4 is 0 Å². The Bertz CT molecular complexity index is 542. The molecule has 0 N–H and O–H groups in total. The molecule has 2 heterocycles. The number of rotatable bonds is 5. The molecule has 0 aliphatic carbocycles. The van der Waals surface area contributed by atoms with Crippen molar-refractivity contribution in [3.63, 3.8) is 0 Å². The van der Waals surface area contributed by atoms with Crippen molar-refractivity contribution in [3.05, 3.63) is 60.2 Å². The number of hydrogen-bond acceptors (Lipinski definition) is 3. The largest absolute Gasteiger partial charge is 0.342 e.